The molecule has 1 aromatic carbocycles. The largest absolute Gasteiger partial charge is 0.536 e. The van der Waals surface area contributed by atoms with Crippen LogP contribution < -0.4 is 15.7 Å². The number of aromatic nitrogens is 1. The topological polar surface area (TPSA) is 155 Å². The smallest absolute Gasteiger partial charge is 0.526 e. The number of nitrogen functional groups attached to an aromatic ring is 1. The molecule has 0 radical (unpaired) electrons. The molecule has 4 amide bonds. The number of nitrogens with two attached hydrogens (primary N) is 1. The molecule has 11 nitrogen and oxygen atoms in total. The Morgan fingerprint density at radius 1 is 1.30 bits per heavy atom. The molecule has 1 aromatic heterocycles. The van der Waals surface area contributed by atoms with E-state index in [4.69, 9.17) is 10.4 Å². The van der Waals surface area contributed by atoms with E-state index >= 15 is 0 Å². The van der Waals surface area contributed by atoms with Gasteiger partial charge in [0.05, 0.1) is 5.69 Å². The Balaban J connectivity index is 1.49. The van der Waals surface area contributed by atoms with Crippen LogP contribution in [0, 0.1) is 12.8 Å². The summed E-state index contributed by atoms with van der Waals surface area (Å²) in [6.07, 6.45) is 0.292. The number of nitrogens with zero attached hydrogens (tertiary/aromatic N) is 3. The average Bonchev–Trinajstić information content (AvgIpc) is 3.27. The summed E-state index contributed by atoms with van der Waals surface area (Å²) >= 11 is 1.11. The number of nitrogens with one attached hydrogen (secondary N) is 1. The minimum atomic E-state index is -1.22. The number of piperazine rings is 1. The molecule has 2 aliphatic rings. The van der Waals surface area contributed by atoms with Crippen LogP contribution in [0.1, 0.15) is 43.1 Å². The maximum Gasteiger partial charge on any atom is 0.526 e. The number of urea groups is 1. The van der Waals surface area contributed by atoms with E-state index in [0.29, 0.717) is 18.7 Å². The summed E-state index contributed by atoms with van der Waals surface area (Å²) in [5.41, 5.74) is 7.76. The van der Waals surface area contributed by atoms with Gasteiger partial charge in [0, 0.05) is 37.3 Å². The van der Waals surface area contributed by atoms with Crippen molar-refractivity contribution in [2.75, 3.05) is 25.4 Å². The number of para-hydroxylation sites is 1. The Bertz CT molecular complexity index is 1220. The number of hydrogen-bond acceptors (Lipinski definition) is 9. The van der Waals surface area contributed by atoms with Gasteiger partial charge in [-0.2, -0.15) is 0 Å². The number of thiazole rings is 1. The summed E-state index contributed by atoms with van der Waals surface area (Å²) in [5, 5.41) is 14.9. The standard InChI is InChI=1S/C24H30BN5O6S/c1-13(2)11-29-7-8-30(22(33)21(29)32)24(34)28-19(17-12-37-23(26)27-17)18(31)10-16-9-15-6-4-5-14(3)20(15)36-25(16)35/h4-6,12-13,16,19,35H,7-11H2,1-3H3,(H2,26,27)(H,28,34)/t16-,19?/m1/s1. The zero-order chi connectivity index (χ0) is 26.9. The highest BCUT2D eigenvalue weighted by molar-refractivity contribution is 7.13. The number of ketones is 1. The maximum atomic E-state index is 13.4. The number of aryl methyl sites for hydroxylation is 1. The number of fused-ring (bicyclic) bond motifs is 1. The van der Waals surface area contributed by atoms with Gasteiger partial charge in [0.25, 0.3) is 0 Å². The zero-order valence-electron chi connectivity index (χ0n) is 21.0. The summed E-state index contributed by atoms with van der Waals surface area (Å²) in [6.45, 7) is 6.37. The third kappa shape index (κ3) is 5.77. The molecule has 0 spiro atoms. The Morgan fingerprint density at radius 2 is 2.05 bits per heavy atom. The third-order valence-electron chi connectivity index (χ3n) is 6.45. The normalized spacial score (nSPS) is 18.5. The Morgan fingerprint density at radius 3 is 2.73 bits per heavy atom. The Kier molecular flexibility index (Phi) is 7.83. The molecule has 196 valence electrons. The van der Waals surface area contributed by atoms with Crippen molar-refractivity contribution in [3.05, 3.63) is 40.4 Å². The molecule has 13 heteroatoms. The van der Waals surface area contributed by atoms with Crippen LogP contribution in [0.2, 0.25) is 5.82 Å². The first-order valence-electron chi connectivity index (χ1n) is 12.1. The minimum absolute atomic E-state index is 0.00849. The van der Waals surface area contributed by atoms with Crippen LogP contribution in [0.15, 0.2) is 23.6 Å². The molecular formula is C24H30BN5O6S. The van der Waals surface area contributed by atoms with E-state index in [2.05, 4.69) is 10.3 Å². The molecule has 1 saturated heterocycles. The van der Waals surface area contributed by atoms with Crippen LogP contribution in [-0.4, -0.2) is 70.2 Å². The number of amides is 4. The fourth-order valence-corrected chi connectivity index (χ4v) is 5.22. The van der Waals surface area contributed by atoms with E-state index in [9.17, 15) is 24.2 Å². The molecule has 2 atom stereocenters. The number of imide groups is 1. The van der Waals surface area contributed by atoms with E-state index < -0.39 is 42.6 Å². The predicted octanol–water partition coefficient (Wildman–Crippen LogP) is 1.56. The van der Waals surface area contributed by atoms with E-state index in [1.54, 1.807) is 5.38 Å². The first-order chi connectivity index (χ1) is 17.5. The molecule has 37 heavy (non-hydrogen) atoms. The number of anilines is 1. The highest BCUT2D eigenvalue weighted by atomic mass is 32.1. The van der Waals surface area contributed by atoms with Crippen molar-refractivity contribution >= 4 is 47.2 Å². The predicted molar refractivity (Wildman–Crippen MR) is 138 cm³/mol. The molecule has 4 N–H and O–H groups in total. The lowest BCUT2D eigenvalue weighted by Gasteiger charge is -2.34. The molecular weight excluding hydrogens is 497 g/mol. The van der Waals surface area contributed by atoms with Gasteiger partial charge in [0.2, 0.25) is 0 Å². The summed E-state index contributed by atoms with van der Waals surface area (Å²) in [4.78, 5) is 58.1. The van der Waals surface area contributed by atoms with E-state index in [1.807, 2.05) is 39.0 Å². The fourth-order valence-electron chi connectivity index (χ4n) is 4.63. The van der Waals surface area contributed by atoms with Gasteiger partial charge in [-0.15, -0.1) is 11.3 Å². The number of Topliss-reactive ketones (excluding diaryl/α,β-unsaturated/α-hetero) is 1. The summed E-state index contributed by atoms with van der Waals surface area (Å²) < 4.78 is 5.69. The summed E-state index contributed by atoms with van der Waals surface area (Å²) in [6, 6.07) is 3.56. The van der Waals surface area contributed by atoms with Gasteiger partial charge in [0.15, 0.2) is 10.9 Å². The van der Waals surface area contributed by atoms with Crippen molar-refractivity contribution in [3.63, 3.8) is 0 Å². The first kappa shape index (κ1) is 26.6. The van der Waals surface area contributed by atoms with Crippen molar-refractivity contribution in [2.24, 2.45) is 5.92 Å². The van der Waals surface area contributed by atoms with Crippen molar-refractivity contribution in [1.82, 2.24) is 20.1 Å². The lowest BCUT2D eigenvalue weighted by Crippen LogP contribution is -2.59. The Labute approximate surface area is 219 Å². The summed E-state index contributed by atoms with van der Waals surface area (Å²) in [5.74, 6) is -1.91. The number of rotatable bonds is 7. The molecule has 2 aliphatic heterocycles. The van der Waals surface area contributed by atoms with Gasteiger partial charge in [-0.25, -0.2) is 9.78 Å². The number of carbonyl (C=O) groups is 4. The second-order valence-corrected chi connectivity index (χ2v) is 10.7. The fraction of sp³-hybridized carbons (Fsp3) is 0.458. The van der Waals surface area contributed by atoms with Crippen LogP contribution in [-0.2, 0) is 20.8 Å². The molecule has 0 bridgehead atoms. The van der Waals surface area contributed by atoms with Gasteiger partial charge >= 0.3 is 25.0 Å². The molecule has 3 heterocycles. The average molecular weight is 527 g/mol. The van der Waals surface area contributed by atoms with Crippen LogP contribution in [0.25, 0.3) is 0 Å². The number of benzene rings is 1. The monoisotopic (exact) mass is 527 g/mol. The highest BCUT2D eigenvalue weighted by Crippen LogP contribution is 2.37. The number of carbonyl (C=O) groups excluding carboxylic acids is 4. The van der Waals surface area contributed by atoms with Crippen LogP contribution >= 0.6 is 11.3 Å². The maximum absolute atomic E-state index is 13.4. The second kappa shape index (κ2) is 10.9. The van der Waals surface area contributed by atoms with Gasteiger partial charge in [-0.3, -0.25) is 19.3 Å². The molecule has 0 saturated carbocycles. The molecule has 4 rings (SSSR count). The highest BCUT2D eigenvalue weighted by Gasteiger charge is 2.41. The van der Waals surface area contributed by atoms with Crippen molar-refractivity contribution in [2.45, 2.75) is 45.5 Å². The SMILES string of the molecule is Cc1cccc2c1OB(O)[C@@H](CC(=O)C(NC(=O)N1CCN(CC(C)C)C(=O)C1=O)c1csc(N)n1)C2. The molecule has 2 aromatic rings. The minimum Gasteiger partial charge on any atom is -0.536 e. The van der Waals surface area contributed by atoms with Gasteiger partial charge in [-0.1, -0.05) is 32.0 Å². The quantitative estimate of drug-likeness (QED) is 0.362. The van der Waals surface area contributed by atoms with Crippen molar-refractivity contribution < 1.29 is 28.9 Å². The van der Waals surface area contributed by atoms with Crippen LogP contribution in [0.5, 0.6) is 5.75 Å². The van der Waals surface area contributed by atoms with E-state index in [-0.39, 0.29) is 36.3 Å². The van der Waals surface area contributed by atoms with Gasteiger partial charge < -0.3 is 25.6 Å². The van der Waals surface area contributed by atoms with Crippen LogP contribution in [0.3, 0.4) is 0 Å². The van der Waals surface area contributed by atoms with Crippen molar-refractivity contribution in [1.29, 1.82) is 0 Å². The lowest BCUT2D eigenvalue weighted by molar-refractivity contribution is -0.154. The Hall–Kier alpha value is -3.45. The number of hydrogen-bond donors (Lipinski definition) is 3. The molecule has 1 unspecified atom stereocenters. The second-order valence-electron chi connectivity index (χ2n) is 9.80. The van der Waals surface area contributed by atoms with Gasteiger partial charge in [0.1, 0.15) is 11.8 Å². The van der Waals surface area contributed by atoms with E-state index in [0.717, 1.165) is 27.4 Å². The van der Waals surface area contributed by atoms with Gasteiger partial charge in [-0.05, 0) is 30.4 Å². The molecule has 1 fully saturated rings. The zero-order valence-corrected chi connectivity index (χ0v) is 21.8. The van der Waals surface area contributed by atoms with Crippen molar-refractivity contribution in [3.8, 4) is 5.75 Å². The third-order valence-corrected chi connectivity index (χ3v) is 7.14. The van der Waals surface area contributed by atoms with Crippen LogP contribution in [0.4, 0.5) is 9.93 Å². The molecule has 0 aliphatic carbocycles. The lowest BCUT2D eigenvalue weighted by atomic mass is 9.64. The van der Waals surface area contributed by atoms with E-state index in [1.165, 1.54) is 4.90 Å². The summed E-state index contributed by atoms with van der Waals surface area (Å²) in [7, 11) is -1.21. The first-order valence-corrected chi connectivity index (χ1v) is 13.0.